The summed E-state index contributed by atoms with van der Waals surface area (Å²) in [6, 6.07) is 7.95. The molecule has 0 amide bonds. The van der Waals surface area contributed by atoms with Crippen molar-refractivity contribution in [2.45, 2.75) is 13.5 Å². The van der Waals surface area contributed by atoms with E-state index in [2.05, 4.69) is 4.98 Å². The summed E-state index contributed by atoms with van der Waals surface area (Å²) in [5.74, 6) is 0. The highest BCUT2D eigenvalue weighted by molar-refractivity contribution is 5.96. The Labute approximate surface area is 100 Å². The highest BCUT2D eigenvalue weighted by Gasteiger charge is 2.11. The quantitative estimate of drug-likeness (QED) is 0.349. The smallest absolute Gasteiger partial charge is 0.214 e. The average Bonchev–Trinajstić information content (AvgIpc) is 2.80. The molecule has 0 spiro atoms. The third kappa shape index (κ3) is 2.72. The van der Waals surface area contributed by atoms with Crippen molar-refractivity contribution in [3.63, 3.8) is 0 Å². The van der Waals surface area contributed by atoms with E-state index in [1.165, 1.54) is 12.6 Å². The molecule has 4 nitrogen and oxygen atoms in total. The van der Waals surface area contributed by atoms with Gasteiger partial charge in [-0.3, -0.25) is 0 Å². The molecule has 0 unspecified atom stereocenters. The van der Waals surface area contributed by atoms with Crippen molar-refractivity contribution in [3.8, 4) is 0 Å². The lowest BCUT2D eigenvalue weighted by atomic mass is 10.1. The Morgan fingerprint density at radius 3 is 2.59 bits per heavy atom. The summed E-state index contributed by atoms with van der Waals surface area (Å²) in [7, 11) is 1.52. The highest BCUT2D eigenvalue weighted by atomic mass is 16.5. The van der Waals surface area contributed by atoms with Crippen molar-refractivity contribution in [3.05, 3.63) is 59.3 Å². The first-order valence-electron chi connectivity index (χ1n) is 5.46. The fourth-order valence-corrected chi connectivity index (χ4v) is 1.67. The van der Waals surface area contributed by atoms with Crippen LogP contribution in [0.3, 0.4) is 0 Å². The maximum absolute atomic E-state index is 11.6. The van der Waals surface area contributed by atoms with E-state index < -0.39 is 0 Å². The number of nitrogens with zero attached hydrogens (tertiary/aromatic N) is 3. The summed E-state index contributed by atoms with van der Waals surface area (Å²) in [5, 5.41) is 11.6. The minimum absolute atomic E-state index is 0.531. The van der Waals surface area contributed by atoms with E-state index in [9.17, 15) is 5.21 Å². The number of aromatic nitrogens is 2. The Hall–Kier alpha value is -2.10. The molecule has 0 fully saturated rings. The largest absolute Gasteiger partial charge is 0.624 e. The van der Waals surface area contributed by atoms with E-state index in [1.54, 1.807) is 12.5 Å². The summed E-state index contributed by atoms with van der Waals surface area (Å²) < 4.78 is 2.79. The lowest BCUT2D eigenvalue weighted by Crippen LogP contribution is -2.19. The second-order valence-electron chi connectivity index (χ2n) is 4.05. The molecule has 0 aliphatic heterocycles. The van der Waals surface area contributed by atoms with E-state index in [0.29, 0.717) is 6.54 Å². The van der Waals surface area contributed by atoms with Gasteiger partial charge in [0.05, 0.1) is 6.33 Å². The van der Waals surface area contributed by atoms with Gasteiger partial charge in [-0.15, -0.1) is 0 Å². The SMILES string of the molecule is Cc1ccc(C(Cn2ccnc2)=[N+](C)[O-])cc1. The molecule has 4 heteroatoms. The molecule has 0 saturated heterocycles. The summed E-state index contributed by atoms with van der Waals surface area (Å²) in [5.41, 5.74) is 2.86. The number of hydrogen-bond acceptors (Lipinski definition) is 2. The third-order valence-corrected chi connectivity index (χ3v) is 2.66. The Kier molecular flexibility index (Phi) is 3.23. The molecule has 88 valence electrons. The lowest BCUT2D eigenvalue weighted by Gasteiger charge is -2.08. The van der Waals surface area contributed by atoms with Crippen LogP contribution in [0.5, 0.6) is 0 Å². The zero-order chi connectivity index (χ0) is 12.3. The van der Waals surface area contributed by atoms with Crippen LogP contribution in [-0.4, -0.2) is 27.0 Å². The third-order valence-electron chi connectivity index (χ3n) is 2.66. The van der Waals surface area contributed by atoms with Crippen molar-refractivity contribution >= 4 is 5.71 Å². The molecule has 2 aromatic rings. The zero-order valence-electron chi connectivity index (χ0n) is 10.00. The van der Waals surface area contributed by atoms with E-state index in [1.807, 2.05) is 42.0 Å². The van der Waals surface area contributed by atoms with E-state index >= 15 is 0 Å². The van der Waals surface area contributed by atoms with Crippen LogP contribution in [0.15, 0.2) is 43.0 Å². The zero-order valence-corrected chi connectivity index (χ0v) is 10.00. The topological polar surface area (TPSA) is 43.9 Å². The Morgan fingerprint density at radius 1 is 1.35 bits per heavy atom. The summed E-state index contributed by atoms with van der Waals surface area (Å²) >= 11 is 0. The number of rotatable bonds is 3. The number of aryl methyl sites for hydroxylation is 1. The molecule has 2 rings (SSSR count). The van der Waals surface area contributed by atoms with Gasteiger partial charge < -0.3 is 9.77 Å². The van der Waals surface area contributed by atoms with Crippen LogP contribution in [0.25, 0.3) is 0 Å². The van der Waals surface area contributed by atoms with Crippen LogP contribution in [-0.2, 0) is 6.54 Å². The number of hydroxylamine groups is 1. The minimum atomic E-state index is 0.531. The lowest BCUT2D eigenvalue weighted by molar-refractivity contribution is -0.423. The fraction of sp³-hybridized carbons (Fsp3) is 0.231. The molecule has 1 aromatic carbocycles. The average molecular weight is 229 g/mol. The van der Waals surface area contributed by atoms with Gasteiger partial charge in [-0.25, -0.2) is 9.72 Å². The monoisotopic (exact) mass is 229 g/mol. The van der Waals surface area contributed by atoms with Crippen LogP contribution in [0.1, 0.15) is 11.1 Å². The predicted octanol–water partition coefficient (Wildman–Crippen LogP) is 1.82. The summed E-state index contributed by atoms with van der Waals surface area (Å²) in [4.78, 5) is 3.97. The minimum Gasteiger partial charge on any atom is -0.624 e. The molecular formula is C13H15N3O. The van der Waals surface area contributed by atoms with Crippen LogP contribution in [0.2, 0.25) is 0 Å². The van der Waals surface area contributed by atoms with E-state index in [4.69, 9.17) is 0 Å². The van der Waals surface area contributed by atoms with Crippen LogP contribution < -0.4 is 0 Å². The number of imidazole rings is 1. The second-order valence-corrected chi connectivity index (χ2v) is 4.05. The molecule has 1 aromatic heterocycles. The standard InChI is InChI=1S/C13H15N3O/c1-11-3-5-12(6-4-11)13(15(2)17)9-16-8-7-14-10-16/h3-8,10H,9H2,1-2H3. The molecule has 1 heterocycles. The fourth-order valence-electron chi connectivity index (χ4n) is 1.67. The van der Waals surface area contributed by atoms with Gasteiger partial charge in [0.25, 0.3) is 0 Å². The Bertz CT molecular complexity index is 508. The van der Waals surface area contributed by atoms with Crippen molar-refractivity contribution < 1.29 is 4.74 Å². The summed E-state index contributed by atoms with van der Waals surface area (Å²) in [6.07, 6.45) is 5.26. The molecule has 0 saturated carbocycles. The molecule has 0 aliphatic carbocycles. The number of hydrogen-bond donors (Lipinski definition) is 0. The molecule has 17 heavy (non-hydrogen) atoms. The van der Waals surface area contributed by atoms with Crippen molar-refractivity contribution in [2.24, 2.45) is 0 Å². The first kappa shape index (κ1) is 11.4. The first-order chi connectivity index (χ1) is 8.16. The first-order valence-corrected chi connectivity index (χ1v) is 5.46. The normalized spacial score (nSPS) is 12.4. The molecule has 0 radical (unpaired) electrons. The van der Waals surface area contributed by atoms with Gasteiger partial charge in [0, 0.05) is 18.0 Å². The summed E-state index contributed by atoms with van der Waals surface area (Å²) in [6.45, 7) is 2.56. The van der Waals surface area contributed by atoms with Crippen LogP contribution >= 0.6 is 0 Å². The van der Waals surface area contributed by atoms with Crippen LogP contribution in [0, 0.1) is 12.1 Å². The maximum Gasteiger partial charge on any atom is 0.214 e. The van der Waals surface area contributed by atoms with Gasteiger partial charge in [0.15, 0.2) is 0 Å². The Balaban J connectivity index is 2.31. The molecule has 0 atom stereocenters. The van der Waals surface area contributed by atoms with Crippen molar-refractivity contribution in [1.82, 2.24) is 9.55 Å². The highest BCUT2D eigenvalue weighted by Crippen LogP contribution is 2.06. The molecule has 0 aliphatic rings. The predicted molar refractivity (Wildman–Crippen MR) is 67.1 cm³/mol. The Morgan fingerprint density at radius 2 is 2.06 bits per heavy atom. The number of benzene rings is 1. The van der Waals surface area contributed by atoms with E-state index in [-0.39, 0.29) is 0 Å². The maximum atomic E-state index is 11.6. The van der Waals surface area contributed by atoms with E-state index in [0.717, 1.165) is 16.0 Å². The van der Waals surface area contributed by atoms with Gasteiger partial charge in [0.1, 0.15) is 13.6 Å². The van der Waals surface area contributed by atoms with Crippen LogP contribution in [0.4, 0.5) is 0 Å². The second kappa shape index (κ2) is 4.82. The molecular weight excluding hydrogens is 214 g/mol. The molecule has 0 bridgehead atoms. The van der Waals surface area contributed by atoms with Gasteiger partial charge in [0.2, 0.25) is 5.71 Å². The van der Waals surface area contributed by atoms with Crippen molar-refractivity contribution in [2.75, 3.05) is 7.05 Å². The van der Waals surface area contributed by atoms with Gasteiger partial charge >= 0.3 is 0 Å². The van der Waals surface area contributed by atoms with Gasteiger partial charge in [-0.05, 0) is 19.1 Å². The molecule has 0 N–H and O–H groups in total. The van der Waals surface area contributed by atoms with Gasteiger partial charge in [-0.1, -0.05) is 17.7 Å². The van der Waals surface area contributed by atoms with Crippen molar-refractivity contribution in [1.29, 1.82) is 0 Å². The van der Waals surface area contributed by atoms with Gasteiger partial charge in [-0.2, -0.15) is 0 Å².